The second-order valence-corrected chi connectivity index (χ2v) is 8.26. The van der Waals surface area contributed by atoms with Gasteiger partial charge in [0.15, 0.2) is 0 Å². The molecule has 2 nitrogen and oxygen atoms in total. The molecule has 0 spiro atoms. The highest BCUT2D eigenvalue weighted by atomic mass is 79.9. The SMILES string of the molecule is Cc1ccc2c3ccccc3n(-n3c4ccccc4c4ccc(Br)cc43)c2c1. The molecule has 6 aromatic rings. The Bertz CT molecular complexity index is 1420. The van der Waals surface area contributed by atoms with Gasteiger partial charge in [0.2, 0.25) is 0 Å². The summed E-state index contributed by atoms with van der Waals surface area (Å²) in [5, 5.41) is 5.08. The van der Waals surface area contributed by atoms with E-state index in [0.29, 0.717) is 0 Å². The molecule has 134 valence electrons. The highest BCUT2D eigenvalue weighted by Gasteiger charge is 2.17. The normalized spacial score (nSPS) is 11.9. The molecule has 0 saturated heterocycles. The Morgan fingerprint density at radius 1 is 0.536 bits per heavy atom. The second-order valence-electron chi connectivity index (χ2n) is 7.34. The predicted molar refractivity (Wildman–Crippen MR) is 122 cm³/mol. The zero-order valence-corrected chi connectivity index (χ0v) is 16.9. The quantitative estimate of drug-likeness (QED) is 0.262. The Kier molecular flexibility index (Phi) is 3.27. The molecule has 0 atom stereocenters. The van der Waals surface area contributed by atoms with Crippen LogP contribution in [-0.2, 0) is 0 Å². The largest absolute Gasteiger partial charge is 0.248 e. The van der Waals surface area contributed by atoms with Crippen LogP contribution < -0.4 is 0 Å². The van der Waals surface area contributed by atoms with E-state index in [4.69, 9.17) is 0 Å². The van der Waals surface area contributed by atoms with Gasteiger partial charge in [-0.2, -0.15) is 0 Å². The van der Waals surface area contributed by atoms with Crippen LogP contribution in [0, 0.1) is 6.92 Å². The molecule has 28 heavy (non-hydrogen) atoms. The molecule has 6 rings (SSSR count). The molecule has 2 heterocycles. The highest BCUT2D eigenvalue weighted by molar-refractivity contribution is 9.10. The summed E-state index contributed by atoms with van der Waals surface area (Å²) in [4.78, 5) is 0. The van der Waals surface area contributed by atoms with Gasteiger partial charge in [-0.15, -0.1) is 0 Å². The molecular formula is C25H17BrN2. The summed E-state index contributed by atoms with van der Waals surface area (Å²) in [6.07, 6.45) is 0. The summed E-state index contributed by atoms with van der Waals surface area (Å²) in [6.45, 7) is 2.16. The van der Waals surface area contributed by atoms with Gasteiger partial charge in [-0.05, 0) is 42.8 Å². The summed E-state index contributed by atoms with van der Waals surface area (Å²) in [5.74, 6) is 0. The molecule has 0 N–H and O–H groups in total. The minimum atomic E-state index is 1.08. The van der Waals surface area contributed by atoms with Gasteiger partial charge in [0.25, 0.3) is 0 Å². The van der Waals surface area contributed by atoms with Crippen molar-refractivity contribution in [2.75, 3.05) is 0 Å². The van der Waals surface area contributed by atoms with E-state index >= 15 is 0 Å². The van der Waals surface area contributed by atoms with E-state index < -0.39 is 0 Å². The maximum Gasteiger partial charge on any atom is 0.0727 e. The molecule has 0 bridgehead atoms. The van der Waals surface area contributed by atoms with Crippen LogP contribution in [0.15, 0.2) is 89.4 Å². The van der Waals surface area contributed by atoms with Crippen molar-refractivity contribution in [3.63, 3.8) is 0 Å². The Hall–Kier alpha value is -3.04. The summed E-state index contributed by atoms with van der Waals surface area (Å²) < 4.78 is 5.81. The molecule has 3 heteroatoms. The zero-order chi connectivity index (χ0) is 18.8. The number of halogens is 1. The molecule has 0 aliphatic rings. The van der Waals surface area contributed by atoms with Crippen molar-refractivity contribution in [1.82, 2.24) is 9.35 Å². The van der Waals surface area contributed by atoms with Gasteiger partial charge in [-0.25, -0.2) is 9.35 Å². The molecule has 0 amide bonds. The maximum absolute atomic E-state index is 3.68. The number of rotatable bonds is 1. The van der Waals surface area contributed by atoms with E-state index in [0.717, 1.165) is 4.47 Å². The van der Waals surface area contributed by atoms with E-state index in [1.807, 2.05) is 0 Å². The highest BCUT2D eigenvalue weighted by Crippen LogP contribution is 2.36. The van der Waals surface area contributed by atoms with Crippen LogP contribution in [0.3, 0.4) is 0 Å². The Morgan fingerprint density at radius 2 is 1.04 bits per heavy atom. The second kappa shape index (κ2) is 5.73. The minimum absolute atomic E-state index is 1.08. The van der Waals surface area contributed by atoms with Crippen LogP contribution in [0.1, 0.15) is 5.56 Å². The van der Waals surface area contributed by atoms with Crippen molar-refractivity contribution < 1.29 is 0 Å². The van der Waals surface area contributed by atoms with Crippen LogP contribution in [-0.4, -0.2) is 9.35 Å². The van der Waals surface area contributed by atoms with E-state index in [1.54, 1.807) is 0 Å². The predicted octanol–water partition coefficient (Wildman–Crippen LogP) is 7.28. The Morgan fingerprint density at radius 3 is 1.68 bits per heavy atom. The third-order valence-corrected chi connectivity index (χ3v) is 6.11. The lowest BCUT2D eigenvalue weighted by Gasteiger charge is -2.13. The Balaban J connectivity index is 1.92. The first-order valence-electron chi connectivity index (χ1n) is 9.41. The van der Waals surface area contributed by atoms with E-state index in [9.17, 15) is 0 Å². The van der Waals surface area contributed by atoms with Gasteiger partial charge in [-0.3, -0.25) is 0 Å². The third-order valence-electron chi connectivity index (χ3n) is 5.61. The number of hydrogen-bond donors (Lipinski definition) is 0. The lowest BCUT2D eigenvalue weighted by molar-refractivity contribution is 0.774. The summed E-state index contributed by atoms with van der Waals surface area (Å²) in [6, 6.07) is 30.6. The minimum Gasteiger partial charge on any atom is -0.248 e. The molecule has 0 radical (unpaired) electrons. The number of benzene rings is 4. The Labute approximate surface area is 170 Å². The fourth-order valence-electron chi connectivity index (χ4n) is 4.42. The maximum atomic E-state index is 3.68. The number of fused-ring (bicyclic) bond motifs is 6. The molecule has 0 saturated carbocycles. The number of hydrogen-bond acceptors (Lipinski definition) is 0. The first-order valence-corrected chi connectivity index (χ1v) is 10.2. The molecule has 0 unspecified atom stereocenters. The summed E-state index contributed by atoms with van der Waals surface area (Å²) >= 11 is 3.68. The van der Waals surface area contributed by atoms with Crippen LogP contribution >= 0.6 is 15.9 Å². The van der Waals surface area contributed by atoms with Crippen LogP contribution in [0.4, 0.5) is 0 Å². The van der Waals surface area contributed by atoms with Crippen molar-refractivity contribution in [2.45, 2.75) is 6.92 Å². The average Bonchev–Trinajstić information content (AvgIpc) is 3.19. The lowest BCUT2D eigenvalue weighted by Crippen LogP contribution is -2.08. The number of aryl methyl sites for hydroxylation is 1. The summed E-state index contributed by atoms with van der Waals surface area (Å²) in [5.41, 5.74) is 6.10. The fraction of sp³-hybridized carbons (Fsp3) is 0.0400. The molecule has 0 aliphatic carbocycles. The topological polar surface area (TPSA) is 9.86 Å². The molecule has 4 aromatic carbocycles. The monoisotopic (exact) mass is 424 g/mol. The van der Waals surface area contributed by atoms with Crippen molar-refractivity contribution in [1.29, 1.82) is 0 Å². The first kappa shape index (κ1) is 16.0. The van der Waals surface area contributed by atoms with Crippen LogP contribution in [0.5, 0.6) is 0 Å². The number of nitrogens with zero attached hydrogens (tertiary/aromatic N) is 2. The van der Waals surface area contributed by atoms with Crippen LogP contribution in [0.25, 0.3) is 43.6 Å². The van der Waals surface area contributed by atoms with Crippen LogP contribution in [0.2, 0.25) is 0 Å². The van der Waals surface area contributed by atoms with Gasteiger partial charge in [0.05, 0.1) is 22.1 Å². The lowest BCUT2D eigenvalue weighted by atomic mass is 10.1. The van der Waals surface area contributed by atoms with Gasteiger partial charge in [0.1, 0.15) is 0 Å². The average molecular weight is 425 g/mol. The van der Waals surface area contributed by atoms with Crippen molar-refractivity contribution >= 4 is 59.5 Å². The standard InChI is InChI=1S/C25H17BrN2/c1-16-10-12-20-18-6-2-4-8-22(18)27(24(20)14-16)28-23-9-5-3-7-19(23)21-13-11-17(26)15-25(21)28/h2-15H,1H3. The van der Waals surface area contributed by atoms with Gasteiger partial charge < -0.3 is 0 Å². The number of aromatic nitrogens is 2. The molecule has 0 aliphatic heterocycles. The molecule has 2 aromatic heterocycles. The first-order chi connectivity index (χ1) is 13.7. The van der Waals surface area contributed by atoms with Crippen molar-refractivity contribution in [3.8, 4) is 0 Å². The van der Waals surface area contributed by atoms with E-state index in [-0.39, 0.29) is 0 Å². The zero-order valence-electron chi connectivity index (χ0n) is 15.4. The third kappa shape index (κ3) is 2.08. The van der Waals surface area contributed by atoms with Gasteiger partial charge >= 0.3 is 0 Å². The molecular weight excluding hydrogens is 408 g/mol. The van der Waals surface area contributed by atoms with E-state index in [1.165, 1.54) is 49.2 Å². The fourth-order valence-corrected chi connectivity index (χ4v) is 4.76. The van der Waals surface area contributed by atoms with Gasteiger partial charge in [-0.1, -0.05) is 70.5 Å². The van der Waals surface area contributed by atoms with Gasteiger partial charge in [0, 0.05) is 26.0 Å². The molecule has 0 fully saturated rings. The number of para-hydroxylation sites is 2. The smallest absolute Gasteiger partial charge is 0.0727 e. The summed E-state index contributed by atoms with van der Waals surface area (Å²) in [7, 11) is 0. The van der Waals surface area contributed by atoms with Crippen molar-refractivity contribution in [2.24, 2.45) is 0 Å². The van der Waals surface area contributed by atoms with Crippen molar-refractivity contribution in [3.05, 3.63) is 95.0 Å². The van der Waals surface area contributed by atoms with E-state index in [2.05, 4.69) is 117 Å².